The molecule has 32 heavy (non-hydrogen) atoms. The molecule has 0 aliphatic carbocycles. The van der Waals surface area contributed by atoms with Crippen molar-refractivity contribution in [2.75, 3.05) is 12.3 Å². The topological polar surface area (TPSA) is 220 Å². The van der Waals surface area contributed by atoms with Gasteiger partial charge in [0, 0.05) is 5.75 Å². The molecular formula is C19H36N6O6S. The van der Waals surface area contributed by atoms with Gasteiger partial charge in [-0.1, -0.05) is 20.3 Å². The molecule has 4 unspecified atom stereocenters. The predicted molar refractivity (Wildman–Crippen MR) is 121 cm³/mol. The highest BCUT2D eigenvalue weighted by Gasteiger charge is 2.31. The maximum Gasteiger partial charge on any atom is 0.327 e. The summed E-state index contributed by atoms with van der Waals surface area (Å²) in [7, 11) is 0. The van der Waals surface area contributed by atoms with Crippen LogP contribution in [0.1, 0.15) is 46.0 Å². The van der Waals surface area contributed by atoms with Crippen LogP contribution in [-0.4, -0.2) is 71.2 Å². The van der Waals surface area contributed by atoms with Crippen LogP contribution in [0.2, 0.25) is 0 Å². The molecule has 0 heterocycles. The number of unbranched alkanes of at least 4 members (excludes halogenated alkanes) is 1. The summed E-state index contributed by atoms with van der Waals surface area (Å²) in [6, 6.07) is -4.60. The van der Waals surface area contributed by atoms with Crippen molar-refractivity contribution in [3.63, 3.8) is 0 Å². The molecule has 0 saturated carbocycles. The molecule has 0 aromatic carbocycles. The van der Waals surface area contributed by atoms with Crippen molar-refractivity contribution in [2.45, 2.75) is 70.1 Å². The van der Waals surface area contributed by atoms with Crippen molar-refractivity contribution < 1.29 is 29.1 Å². The molecule has 12 nitrogen and oxygen atoms in total. The summed E-state index contributed by atoms with van der Waals surface area (Å²) in [5.41, 5.74) is 16.5. The molecule has 0 aromatic rings. The monoisotopic (exact) mass is 476 g/mol. The van der Waals surface area contributed by atoms with Gasteiger partial charge in [0.05, 0.1) is 12.5 Å². The SMILES string of the molecule is CC(C)CC(NC(=O)C(N)CCCCN)C(=O)NC(CC(N)=O)C(=O)NC(CS)C(=O)O. The van der Waals surface area contributed by atoms with Gasteiger partial charge in [-0.15, -0.1) is 0 Å². The highest BCUT2D eigenvalue weighted by atomic mass is 32.1. The van der Waals surface area contributed by atoms with E-state index in [0.717, 1.165) is 0 Å². The molecule has 0 spiro atoms. The third kappa shape index (κ3) is 11.9. The van der Waals surface area contributed by atoms with Crippen LogP contribution in [0.25, 0.3) is 0 Å². The average molecular weight is 477 g/mol. The normalized spacial score (nSPS) is 14.7. The second-order valence-corrected chi connectivity index (χ2v) is 8.26. The van der Waals surface area contributed by atoms with Gasteiger partial charge in [-0.2, -0.15) is 12.6 Å². The molecule has 10 N–H and O–H groups in total. The lowest BCUT2D eigenvalue weighted by atomic mass is 10.0. The molecule has 0 rings (SSSR count). The Morgan fingerprint density at radius 2 is 1.44 bits per heavy atom. The zero-order chi connectivity index (χ0) is 24.8. The maximum absolute atomic E-state index is 12.8. The molecule has 0 fully saturated rings. The van der Waals surface area contributed by atoms with Crippen molar-refractivity contribution in [3.8, 4) is 0 Å². The third-order valence-electron chi connectivity index (χ3n) is 4.48. The molecule has 4 amide bonds. The van der Waals surface area contributed by atoms with Crippen LogP contribution < -0.4 is 33.2 Å². The molecule has 4 atom stereocenters. The number of thiol groups is 1. The molecule has 13 heteroatoms. The number of primary amides is 1. The van der Waals surface area contributed by atoms with Gasteiger partial charge in [0.1, 0.15) is 18.1 Å². The van der Waals surface area contributed by atoms with E-state index in [9.17, 15) is 24.0 Å². The second kappa shape index (κ2) is 15.4. The minimum atomic E-state index is -1.42. The summed E-state index contributed by atoms with van der Waals surface area (Å²) in [6.45, 7) is 4.16. The van der Waals surface area contributed by atoms with E-state index in [1.165, 1.54) is 0 Å². The summed E-state index contributed by atoms with van der Waals surface area (Å²) in [6.07, 6.45) is 1.45. The number of hydrogen-bond acceptors (Lipinski definition) is 8. The molecule has 0 bridgehead atoms. The minimum absolute atomic E-state index is 0.00325. The Morgan fingerprint density at radius 1 is 0.906 bits per heavy atom. The standard InChI is InChI=1S/C19H36N6O6S/c1-10(2)7-12(23-16(27)11(21)5-3-4-6-20)17(28)24-13(8-15(22)26)18(29)25-14(9-32)19(30)31/h10-14,32H,3-9,20-21H2,1-2H3,(H2,22,26)(H,23,27)(H,24,28)(H,25,29)(H,30,31). The first-order chi connectivity index (χ1) is 14.9. The summed E-state index contributed by atoms with van der Waals surface area (Å²) in [5.74, 6) is -4.57. The number of carboxylic acid groups (broad SMARTS) is 1. The number of aliphatic carboxylic acids is 1. The van der Waals surface area contributed by atoms with Crippen LogP contribution >= 0.6 is 12.6 Å². The number of hydrogen-bond donors (Lipinski definition) is 8. The van der Waals surface area contributed by atoms with Gasteiger partial charge in [-0.3, -0.25) is 19.2 Å². The summed E-state index contributed by atoms with van der Waals surface area (Å²) >= 11 is 3.85. The van der Waals surface area contributed by atoms with E-state index in [1.807, 2.05) is 13.8 Å². The molecule has 0 saturated heterocycles. The first kappa shape index (κ1) is 29.6. The highest BCUT2D eigenvalue weighted by molar-refractivity contribution is 7.80. The van der Waals surface area contributed by atoms with Crippen LogP contribution in [-0.2, 0) is 24.0 Å². The molecule has 0 aliphatic rings. The van der Waals surface area contributed by atoms with Crippen molar-refractivity contribution in [3.05, 3.63) is 0 Å². The van der Waals surface area contributed by atoms with Gasteiger partial charge < -0.3 is 38.3 Å². The smallest absolute Gasteiger partial charge is 0.327 e. The molecular weight excluding hydrogens is 440 g/mol. The van der Waals surface area contributed by atoms with Gasteiger partial charge in [0.2, 0.25) is 23.6 Å². The van der Waals surface area contributed by atoms with E-state index >= 15 is 0 Å². The Hall–Kier alpha value is -2.38. The van der Waals surface area contributed by atoms with Crippen molar-refractivity contribution in [1.29, 1.82) is 0 Å². The van der Waals surface area contributed by atoms with Crippen LogP contribution in [0.5, 0.6) is 0 Å². The Labute approximate surface area is 193 Å². The Kier molecular flexibility index (Phi) is 14.3. The van der Waals surface area contributed by atoms with Crippen LogP contribution in [0, 0.1) is 5.92 Å². The number of amides is 4. The molecule has 0 aliphatic heterocycles. The predicted octanol–water partition coefficient (Wildman–Crippen LogP) is -2.17. The van der Waals surface area contributed by atoms with E-state index in [0.29, 0.717) is 25.8 Å². The summed E-state index contributed by atoms with van der Waals surface area (Å²) < 4.78 is 0. The van der Waals surface area contributed by atoms with Crippen molar-refractivity contribution in [1.82, 2.24) is 16.0 Å². The lowest BCUT2D eigenvalue weighted by Gasteiger charge is -2.25. The van der Waals surface area contributed by atoms with Gasteiger partial charge in [0.15, 0.2) is 0 Å². The minimum Gasteiger partial charge on any atom is -0.480 e. The third-order valence-corrected chi connectivity index (χ3v) is 4.85. The lowest BCUT2D eigenvalue weighted by Crippen LogP contribution is -2.58. The van der Waals surface area contributed by atoms with Gasteiger partial charge in [-0.05, 0) is 31.7 Å². The van der Waals surface area contributed by atoms with E-state index in [1.54, 1.807) is 0 Å². The van der Waals surface area contributed by atoms with Crippen LogP contribution in [0.3, 0.4) is 0 Å². The Bertz CT molecular complexity index is 662. The number of carbonyl (C=O) groups is 5. The van der Waals surface area contributed by atoms with Crippen molar-refractivity contribution >= 4 is 42.2 Å². The summed E-state index contributed by atoms with van der Waals surface area (Å²) in [5, 5.41) is 16.2. The van der Waals surface area contributed by atoms with Gasteiger partial charge in [-0.25, -0.2) is 4.79 Å². The number of carbonyl (C=O) groups excluding carboxylic acids is 4. The highest BCUT2D eigenvalue weighted by Crippen LogP contribution is 2.08. The van der Waals surface area contributed by atoms with Crippen LogP contribution in [0.15, 0.2) is 0 Å². The number of rotatable bonds is 16. The first-order valence-electron chi connectivity index (χ1n) is 10.4. The van der Waals surface area contributed by atoms with Gasteiger partial charge >= 0.3 is 5.97 Å². The average Bonchev–Trinajstić information content (AvgIpc) is 2.69. The van der Waals surface area contributed by atoms with E-state index < -0.39 is 60.2 Å². The maximum atomic E-state index is 12.8. The molecule has 0 aromatic heterocycles. The van der Waals surface area contributed by atoms with E-state index in [4.69, 9.17) is 22.3 Å². The van der Waals surface area contributed by atoms with E-state index in [2.05, 4.69) is 28.6 Å². The zero-order valence-corrected chi connectivity index (χ0v) is 19.4. The van der Waals surface area contributed by atoms with Crippen molar-refractivity contribution in [2.24, 2.45) is 23.1 Å². The quantitative estimate of drug-likeness (QED) is 0.0902. The summed E-state index contributed by atoms with van der Waals surface area (Å²) in [4.78, 5) is 60.2. The second-order valence-electron chi connectivity index (χ2n) is 7.90. The zero-order valence-electron chi connectivity index (χ0n) is 18.5. The first-order valence-corrected chi connectivity index (χ1v) is 11.0. The van der Waals surface area contributed by atoms with E-state index in [-0.39, 0.29) is 18.1 Å². The fourth-order valence-electron chi connectivity index (χ4n) is 2.76. The fraction of sp³-hybridized carbons (Fsp3) is 0.737. The largest absolute Gasteiger partial charge is 0.480 e. The number of carboxylic acids is 1. The Balaban J connectivity index is 5.35. The van der Waals surface area contributed by atoms with Crippen LogP contribution in [0.4, 0.5) is 0 Å². The Morgan fingerprint density at radius 3 is 1.91 bits per heavy atom. The molecule has 184 valence electrons. The lowest BCUT2D eigenvalue weighted by molar-refractivity contribution is -0.141. The molecule has 0 radical (unpaired) electrons. The fourth-order valence-corrected chi connectivity index (χ4v) is 3.01. The number of nitrogens with two attached hydrogens (primary N) is 3. The van der Waals surface area contributed by atoms with Gasteiger partial charge in [0.25, 0.3) is 0 Å². The number of nitrogens with one attached hydrogen (secondary N) is 3.